The molecule has 2 aromatic carbocycles. The van der Waals surface area contributed by atoms with Gasteiger partial charge in [0.1, 0.15) is 5.58 Å². The summed E-state index contributed by atoms with van der Waals surface area (Å²) >= 11 is 0. The van der Waals surface area contributed by atoms with Crippen LogP contribution >= 0.6 is 0 Å². The first-order chi connectivity index (χ1) is 12.0. The number of rotatable bonds is 3. The smallest absolute Gasteiger partial charge is 0.337 e. The van der Waals surface area contributed by atoms with E-state index in [2.05, 4.69) is 0 Å². The van der Waals surface area contributed by atoms with Gasteiger partial charge in [-0.1, -0.05) is 28.8 Å². The zero-order chi connectivity index (χ0) is 17.6. The second-order valence-corrected chi connectivity index (χ2v) is 5.85. The van der Waals surface area contributed by atoms with Crippen LogP contribution in [0.15, 0.2) is 53.1 Å². The summed E-state index contributed by atoms with van der Waals surface area (Å²) in [5.74, 6) is -1.98. The minimum Gasteiger partial charge on any atom is -0.464 e. The monoisotopic (exact) mass is 335 g/mol. The van der Waals surface area contributed by atoms with E-state index in [9.17, 15) is 14.4 Å². The highest BCUT2D eigenvalue weighted by Gasteiger charge is 2.38. The number of imide groups is 1. The Bertz CT molecular complexity index is 998. The van der Waals surface area contributed by atoms with Crippen LogP contribution in [0.2, 0.25) is 0 Å². The third kappa shape index (κ3) is 2.48. The van der Waals surface area contributed by atoms with Gasteiger partial charge in [0, 0.05) is 10.9 Å². The van der Waals surface area contributed by atoms with Crippen LogP contribution in [0.1, 0.15) is 31.8 Å². The average molecular weight is 335 g/mol. The highest BCUT2D eigenvalue weighted by Crippen LogP contribution is 2.25. The maximum atomic E-state index is 12.2. The molecule has 0 bridgehead atoms. The fraction of sp³-hybridized carbons (Fsp3) is 0.105. The molecule has 0 saturated heterocycles. The summed E-state index contributed by atoms with van der Waals surface area (Å²) in [5.41, 5.74) is 2.78. The molecule has 0 aliphatic carbocycles. The highest BCUT2D eigenvalue weighted by molar-refractivity contribution is 6.20. The fourth-order valence-corrected chi connectivity index (χ4v) is 2.87. The predicted molar refractivity (Wildman–Crippen MR) is 87.7 cm³/mol. The van der Waals surface area contributed by atoms with Crippen molar-refractivity contribution in [1.82, 2.24) is 5.06 Å². The maximum absolute atomic E-state index is 12.2. The number of hydrogen-bond acceptors (Lipinski definition) is 5. The summed E-state index contributed by atoms with van der Waals surface area (Å²) < 4.78 is 5.41. The van der Waals surface area contributed by atoms with Crippen molar-refractivity contribution in [2.24, 2.45) is 0 Å². The summed E-state index contributed by atoms with van der Waals surface area (Å²) in [7, 11) is 0. The van der Waals surface area contributed by atoms with Crippen molar-refractivity contribution in [3.8, 4) is 0 Å². The number of hydrogen-bond donors (Lipinski definition) is 0. The lowest BCUT2D eigenvalue weighted by atomic mass is 10.1. The van der Waals surface area contributed by atoms with Crippen LogP contribution < -0.4 is 0 Å². The first-order valence-corrected chi connectivity index (χ1v) is 7.70. The highest BCUT2D eigenvalue weighted by atomic mass is 16.7. The second kappa shape index (κ2) is 5.59. The lowest BCUT2D eigenvalue weighted by Gasteiger charge is -2.12. The minimum absolute atomic E-state index is 0.107. The van der Waals surface area contributed by atoms with Gasteiger partial charge >= 0.3 is 5.97 Å². The van der Waals surface area contributed by atoms with Gasteiger partial charge in [-0.15, -0.1) is 0 Å². The molecule has 0 fully saturated rings. The molecular weight excluding hydrogens is 322 g/mol. The van der Waals surface area contributed by atoms with Crippen LogP contribution in [0.3, 0.4) is 0 Å². The summed E-state index contributed by atoms with van der Waals surface area (Å²) in [6, 6.07) is 12.0. The van der Waals surface area contributed by atoms with Crippen molar-refractivity contribution in [3.05, 3.63) is 71.0 Å². The van der Waals surface area contributed by atoms with Crippen LogP contribution in [0.25, 0.3) is 11.0 Å². The summed E-state index contributed by atoms with van der Waals surface area (Å²) in [4.78, 5) is 41.7. The molecule has 2 amide bonds. The predicted octanol–water partition coefficient (Wildman–Crippen LogP) is 3.04. The Morgan fingerprint density at radius 2 is 1.76 bits per heavy atom. The number of carbonyl (C=O) groups excluding carboxylic acids is 3. The van der Waals surface area contributed by atoms with E-state index < -0.39 is 17.8 Å². The molecule has 0 radical (unpaired) electrons. The van der Waals surface area contributed by atoms with Gasteiger partial charge in [-0.25, -0.2) is 4.79 Å². The van der Waals surface area contributed by atoms with Crippen molar-refractivity contribution in [3.63, 3.8) is 0 Å². The van der Waals surface area contributed by atoms with Gasteiger partial charge in [0.2, 0.25) is 0 Å². The molecule has 0 saturated carbocycles. The fourth-order valence-electron chi connectivity index (χ4n) is 2.87. The van der Waals surface area contributed by atoms with E-state index in [0.717, 1.165) is 10.9 Å². The molecular formula is C19H13NO5. The molecule has 1 aliphatic rings. The van der Waals surface area contributed by atoms with E-state index >= 15 is 0 Å². The summed E-state index contributed by atoms with van der Waals surface area (Å²) in [5, 5.41) is 1.32. The van der Waals surface area contributed by atoms with E-state index in [-0.39, 0.29) is 17.5 Å². The molecule has 124 valence electrons. The van der Waals surface area contributed by atoms with Gasteiger partial charge in [-0.05, 0) is 31.2 Å². The van der Waals surface area contributed by atoms with Crippen molar-refractivity contribution < 1.29 is 23.6 Å². The third-order valence-electron chi connectivity index (χ3n) is 4.09. The lowest BCUT2D eigenvalue weighted by Crippen LogP contribution is -2.33. The Balaban J connectivity index is 1.54. The van der Waals surface area contributed by atoms with Crippen LogP contribution in [0.4, 0.5) is 0 Å². The van der Waals surface area contributed by atoms with Crippen molar-refractivity contribution in [2.75, 3.05) is 0 Å². The number of aryl methyl sites for hydroxylation is 1. The van der Waals surface area contributed by atoms with E-state index in [1.54, 1.807) is 12.1 Å². The zero-order valence-corrected chi connectivity index (χ0v) is 13.3. The number of nitrogens with zero attached hydrogens (tertiary/aromatic N) is 1. The number of hydroxylamine groups is 2. The third-order valence-corrected chi connectivity index (χ3v) is 4.09. The van der Waals surface area contributed by atoms with Crippen LogP contribution in [0.5, 0.6) is 0 Å². The number of benzene rings is 2. The molecule has 0 N–H and O–H groups in total. The number of carbonyl (C=O) groups is 3. The Labute approximate surface area is 142 Å². The average Bonchev–Trinajstić information content (AvgIpc) is 3.10. The molecule has 6 nitrogen and oxygen atoms in total. The Hall–Kier alpha value is -3.41. The Morgan fingerprint density at radius 1 is 1.08 bits per heavy atom. The molecule has 3 aromatic rings. The molecule has 6 heteroatoms. The van der Waals surface area contributed by atoms with Gasteiger partial charge in [0.15, 0.2) is 0 Å². The molecule has 2 heterocycles. The largest absolute Gasteiger partial charge is 0.464 e. The topological polar surface area (TPSA) is 76.8 Å². The van der Waals surface area contributed by atoms with Gasteiger partial charge in [-0.3, -0.25) is 9.59 Å². The van der Waals surface area contributed by atoms with Gasteiger partial charge in [0.25, 0.3) is 11.8 Å². The van der Waals surface area contributed by atoms with E-state index in [1.165, 1.54) is 18.4 Å². The minimum atomic E-state index is -0.710. The number of fused-ring (bicyclic) bond motifs is 2. The maximum Gasteiger partial charge on any atom is 0.337 e. The van der Waals surface area contributed by atoms with Crippen molar-refractivity contribution >= 4 is 28.8 Å². The lowest BCUT2D eigenvalue weighted by molar-refractivity contribution is -0.167. The van der Waals surface area contributed by atoms with E-state index in [1.807, 2.05) is 25.1 Å². The summed E-state index contributed by atoms with van der Waals surface area (Å²) in [6.07, 6.45) is 1.37. The SMILES string of the molecule is Cc1ccc2occ(CC(=O)ON3C(=O)c4ccccc4C3=O)c2c1. The van der Waals surface area contributed by atoms with Crippen LogP contribution in [-0.2, 0) is 16.1 Å². The number of furan rings is 1. The summed E-state index contributed by atoms with van der Waals surface area (Å²) in [6.45, 7) is 1.94. The zero-order valence-electron chi connectivity index (χ0n) is 13.3. The standard InChI is InChI=1S/C19H13NO5/c1-11-6-7-16-15(8-11)12(10-24-16)9-17(21)25-20-18(22)13-4-2-3-5-14(13)19(20)23/h2-8,10H,9H2,1H3. The quantitative estimate of drug-likeness (QED) is 0.688. The number of amides is 2. The first kappa shape index (κ1) is 15.1. The molecule has 0 spiro atoms. The first-order valence-electron chi connectivity index (χ1n) is 7.70. The Morgan fingerprint density at radius 3 is 2.44 bits per heavy atom. The molecule has 4 rings (SSSR count). The molecule has 25 heavy (non-hydrogen) atoms. The van der Waals surface area contributed by atoms with Crippen LogP contribution in [-0.4, -0.2) is 22.8 Å². The normalized spacial score (nSPS) is 13.4. The van der Waals surface area contributed by atoms with Gasteiger partial charge in [-0.2, -0.15) is 0 Å². The molecule has 1 aromatic heterocycles. The van der Waals surface area contributed by atoms with E-state index in [4.69, 9.17) is 9.25 Å². The second-order valence-electron chi connectivity index (χ2n) is 5.85. The Kier molecular flexibility index (Phi) is 3.39. The van der Waals surface area contributed by atoms with Crippen molar-refractivity contribution in [1.29, 1.82) is 0 Å². The molecule has 1 aliphatic heterocycles. The molecule has 0 atom stereocenters. The van der Waals surface area contributed by atoms with Crippen LogP contribution in [0, 0.1) is 6.92 Å². The van der Waals surface area contributed by atoms with Gasteiger partial charge in [0.05, 0.1) is 23.8 Å². The van der Waals surface area contributed by atoms with Crippen molar-refractivity contribution in [2.45, 2.75) is 13.3 Å². The molecule has 0 unspecified atom stereocenters. The van der Waals surface area contributed by atoms with Gasteiger partial charge < -0.3 is 9.25 Å². The van der Waals surface area contributed by atoms with E-state index in [0.29, 0.717) is 16.2 Å².